The van der Waals surface area contributed by atoms with Gasteiger partial charge in [-0.25, -0.2) is 4.21 Å². The highest BCUT2D eigenvalue weighted by Crippen LogP contribution is 2.32. The molecule has 0 radical (unpaired) electrons. The third kappa shape index (κ3) is 4.26. The lowest BCUT2D eigenvalue weighted by Crippen LogP contribution is -2.08. The maximum Gasteiger partial charge on any atom is 0.150 e. The molecule has 140 valence electrons. The molecular formula is C21H22ClN3OS. The smallest absolute Gasteiger partial charge is 0.150 e. The molecule has 5 N–H and O–H groups in total. The second-order valence-corrected chi connectivity index (χ2v) is 8.28. The zero-order valence-corrected chi connectivity index (χ0v) is 17.0. The molecule has 0 spiro atoms. The van der Waals surface area contributed by atoms with Gasteiger partial charge in [-0.05, 0) is 56.2 Å². The van der Waals surface area contributed by atoms with Gasteiger partial charge in [0.2, 0.25) is 0 Å². The number of hydrogen-bond donors (Lipinski definition) is 3. The number of anilines is 3. The summed E-state index contributed by atoms with van der Waals surface area (Å²) in [7, 11) is -1.48. The predicted octanol–water partition coefficient (Wildman–Crippen LogP) is 5.23. The molecule has 0 amide bonds. The first-order valence-electron chi connectivity index (χ1n) is 8.47. The maximum absolute atomic E-state index is 12.7. The highest BCUT2D eigenvalue weighted by molar-refractivity contribution is 7.86. The van der Waals surface area contributed by atoms with Crippen molar-refractivity contribution < 1.29 is 4.21 Å². The van der Waals surface area contributed by atoms with Crippen molar-refractivity contribution in [2.75, 3.05) is 16.2 Å². The number of hydrogen-bond acceptors (Lipinski definition) is 3. The first-order valence-corrected chi connectivity index (χ1v) is 9.99. The van der Waals surface area contributed by atoms with Gasteiger partial charge in [0, 0.05) is 11.3 Å². The van der Waals surface area contributed by atoms with Crippen LogP contribution in [0.15, 0.2) is 53.4 Å². The van der Waals surface area contributed by atoms with E-state index in [0.29, 0.717) is 27.0 Å². The second-order valence-electron chi connectivity index (χ2n) is 6.69. The molecule has 3 aromatic carbocycles. The van der Waals surface area contributed by atoms with Crippen molar-refractivity contribution in [3.05, 3.63) is 70.2 Å². The van der Waals surface area contributed by atoms with Crippen molar-refractivity contribution in [3.8, 4) is 11.1 Å². The van der Waals surface area contributed by atoms with E-state index < -0.39 is 11.0 Å². The summed E-state index contributed by atoms with van der Waals surface area (Å²) in [6.45, 7) is 5.97. The van der Waals surface area contributed by atoms with E-state index in [-0.39, 0.29) is 0 Å². The average Bonchev–Trinajstić information content (AvgIpc) is 2.57. The molecule has 0 heterocycles. The van der Waals surface area contributed by atoms with Crippen molar-refractivity contribution in [2.45, 2.75) is 25.7 Å². The Hall–Kier alpha value is -2.50. The van der Waals surface area contributed by atoms with Gasteiger partial charge in [0.1, 0.15) is 0 Å². The zero-order chi connectivity index (χ0) is 19.7. The van der Waals surface area contributed by atoms with Crippen molar-refractivity contribution >= 4 is 39.6 Å². The molecule has 0 saturated heterocycles. The Bertz CT molecular complexity index is 1030. The number of aryl methyl sites for hydroxylation is 3. The lowest BCUT2D eigenvalue weighted by atomic mass is 10.0. The minimum absolute atomic E-state index is 0.411. The van der Waals surface area contributed by atoms with Crippen LogP contribution in [-0.2, 0) is 11.0 Å². The van der Waals surface area contributed by atoms with Gasteiger partial charge in [-0.1, -0.05) is 47.0 Å². The lowest BCUT2D eigenvalue weighted by Gasteiger charge is -2.13. The molecule has 0 aromatic heterocycles. The van der Waals surface area contributed by atoms with Crippen LogP contribution in [-0.4, -0.2) is 4.21 Å². The van der Waals surface area contributed by atoms with Crippen LogP contribution in [0, 0.1) is 20.8 Å². The zero-order valence-electron chi connectivity index (χ0n) is 15.5. The van der Waals surface area contributed by atoms with E-state index in [1.54, 1.807) is 18.2 Å². The quantitative estimate of drug-likeness (QED) is 0.525. The minimum Gasteiger partial charge on any atom is -0.397 e. The summed E-state index contributed by atoms with van der Waals surface area (Å²) in [6.07, 6.45) is 0. The first kappa shape index (κ1) is 19.3. The number of nitrogens with two attached hydrogens (primary N) is 2. The van der Waals surface area contributed by atoms with E-state index in [0.717, 1.165) is 16.7 Å². The summed E-state index contributed by atoms with van der Waals surface area (Å²) in [4.78, 5) is 0.594. The van der Waals surface area contributed by atoms with Gasteiger partial charge in [-0.2, -0.15) is 0 Å². The number of halogens is 1. The Morgan fingerprint density at radius 2 is 1.52 bits per heavy atom. The van der Waals surface area contributed by atoms with E-state index in [2.05, 4.69) is 36.8 Å². The highest BCUT2D eigenvalue weighted by Gasteiger charge is 2.12. The lowest BCUT2D eigenvalue weighted by molar-refractivity contribution is 0.686. The standard InChI is InChI=1S/C21H22ClN3OS/c1-12-6-13(2)8-15(7-12)17-5-4-16(10-18(17)22)25-27(26)21-11-20(24)19(23)9-14(21)3/h4-11,25H,23-24H2,1-3H3. The highest BCUT2D eigenvalue weighted by atomic mass is 35.5. The Morgan fingerprint density at radius 1 is 0.889 bits per heavy atom. The Balaban J connectivity index is 1.88. The van der Waals surface area contributed by atoms with Gasteiger partial charge in [-0.15, -0.1) is 0 Å². The number of rotatable bonds is 4. The van der Waals surface area contributed by atoms with Crippen molar-refractivity contribution in [2.24, 2.45) is 0 Å². The third-order valence-corrected chi connectivity index (χ3v) is 5.87. The molecule has 4 nitrogen and oxygen atoms in total. The van der Waals surface area contributed by atoms with Gasteiger partial charge in [0.25, 0.3) is 0 Å². The molecule has 0 aliphatic rings. The van der Waals surface area contributed by atoms with Crippen LogP contribution in [0.25, 0.3) is 11.1 Å². The van der Waals surface area contributed by atoms with Crippen molar-refractivity contribution in [1.82, 2.24) is 0 Å². The summed E-state index contributed by atoms with van der Waals surface area (Å²) in [6, 6.07) is 15.3. The summed E-state index contributed by atoms with van der Waals surface area (Å²) in [5.41, 5.74) is 18.4. The molecule has 1 atom stereocenters. The van der Waals surface area contributed by atoms with Crippen molar-refractivity contribution in [3.63, 3.8) is 0 Å². The Kier molecular flexibility index (Phi) is 5.44. The van der Waals surface area contributed by atoms with Gasteiger partial charge in [0.05, 0.1) is 21.3 Å². The maximum atomic E-state index is 12.7. The van der Waals surface area contributed by atoms with E-state index >= 15 is 0 Å². The molecule has 0 bridgehead atoms. The van der Waals surface area contributed by atoms with Crippen LogP contribution < -0.4 is 16.2 Å². The Labute approximate surface area is 167 Å². The average molecular weight is 400 g/mol. The predicted molar refractivity (Wildman–Crippen MR) is 116 cm³/mol. The van der Waals surface area contributed by atoms with E-state index in [1.807, 2.05) is 19.1 Å². The summed E-state index contributed by atoms with van der Waals surface area (Å²) >= 11 is 6.50. The molecule has 1 unspecified atom stereocenters. The SMILES string of the molecule is Cc1cc(C)cc(-c2ccc(NS(=O)c3cc(N)c(N)cc3C)cc2Cl)c1. The van der Waals surface area contributed by atoms with E-state index in [9.17, 15) is 4.21 Å². The van der Waals surface area contributed by atoms with Crippen LogP contribution in [0.2, 0.25) is 5.02 Å². The monoisotopic (exact) mass is 399 g/mol. The van der Waals surface area contributed by atoms with Crippen LogP contribution in [0.5, 0.6) is 0 Å². The van der Waals surface area contributed by atoms with Crippen LogP contribution in [0.3, 0.4) is 0 Å². The third-order valence-electron chi connectivity index (χ3n) is 4.29. The number of benzene rings is 3. The van der Waals surface area contributed by atoms with Gasteiger partial charge in [0.15, 0.2) is 11.0 Å². The number of nitrogen functional groups attached to an aromatic ring is 2. The molecule has 0 fully saturated rings. The fraction of sp³-hybridized carbons (Fsp3) is 0.143. The Morgan fingerprint density at radius 3 is 2.15 bits per heavy atom. The molecule has 27 heavy (non-hydrogen) atoms. The molecule has 0 aliphatic heterocycles. The fourth-order valence-corrected chi connectivity index (χ4v) is 4.36. The van der Waals surface area contributed by atoms with Crippen LogP contribution in [0.4, 0.5) is 17.1 Å². The van der Waals surface area contributed by atoms with Crippen LogP contribution in [0.1, 0.15) is 16.7 Å². The van der Waals surface area contributed by atoms with Crippen molar-refractivity contribution in [1.29, 1.82) is 0 Å². The molecule has 0 saturated carbocycles. The summed E-state index contributed by atoms with van der Waals surface area (Å²) < 4.78 is 15.7. The van der Waals surface area contributed by atoms with E-state index in [1.165, 1.54) is 11.1 Å². The molecule has 6 heteroatoms. The summed E-state index contributed by atoms with van der Waals surface area (Å²) in [5, 5.41) is 0.593. The minimum atomic E-state index is -1.48. The molecule has 0 aliphatic carbocycles. The molecular weight excluding hydrogens is 378 g/mol. The fourth-order valence-electron chi connectivity index (χ4n) is 3.03. The normalized spacial score (nSPS) is 12.0. The van der Waals surface area contributed by atoms with E-state index in [4.69, 9.17) is 23.1 Å². The van der Waals surface area contributed by atoms with Crippen LogP contribution >= 0.6 is 11.6 Å². The van der Waals surface area contributed by atoms with Gasteiger partial charge < -0.3 is 16.2 Å². The first-order chi connectivity index (χ1) is 12.7. The largest absolute Gasteiger partial charge is 0.397 e. The molecule has 3 rings (SSSR count). The second kappa shape index (κ2) is 7.62. The summed E-state index contributed by atoms with van der Waals surface area (Å²) in [5.74, 6) is 0. The number of nitrogens with one attached hydrogen (secondary N) is 1. The molecule has 3 aromatic rings. The topological polar surface area (TPSA) is 81.1 Å². The van der Waals surface area contributed by atoms with Gasteiger partial charge in [-0.3, -0.25) is 0 Å². The van der Waals surface area contributed by atoms with Gasteiger partial charge >= 0.3 is 0 Å².